The number of hydrogen-bond acceptors (Lipinski definition) is 2. The summed E-state index contributed by atoms with van der Waals surface area (Å²) in [6, 6.07) is 9.45. The summed E-state index contributed by atoms with van der Waals surface area (Å²) >= 11 is 1.80. The molecule has 1 heterocycles. The first-order chi connectivity index (χ1) is 9.58. The quantitative estimate of drug-likeness (QED) is 0.840. The highest BCUT2D eigenvalue weighted by Gasteiger charge is 2.31. The third kappa shape index (κ3) is 2.55. The molecule has 1 nitrogen and oxygen atoms in total. The van der Waals surface area contributed by atoms with Crippen LogP contribution in [0.4, 0.5) is 0 Å². The first-order valence-electron chi connectivity index (χ1n) is 7.42. The predicted molar refractivity (Wildman–Crippen MR) is 87.3 cm³/mol. The molecule has 0 aliphatic heterocycles. The van der Waals surface area contributed by atoms with Crippen LogP contribution in [-0.2, 0) is 12.0 Å². The van der Waals surface area contributed by atoms with E-state index in [-0.39, 0.29) is 0 Å². The molecule has 1 atom stereocenters. The normalized spacial score (nSPS) is 20.6. The second kappa shape index (κ2) is 5.34. The number of aryl methyl sites for hydroxylation is 1. The van der Waals surface area contributed by atoms with Gasteiger partial charge in [0.15, 0.2) is 0 Å². The molecule has 2 heteroatoms. The standard InChI is InChI=1S/C18H23NS/c1-13-11-20-12-14(13)10-19-17-8-9-18(2,3)16-7-5-4-6-15(16)17/h4-7,11-12,17,19H,8-10H2,1-3H3. The monoisotopic (exact) mass is 285 g/mol. The maximum Gasteiger partial charge on any atom is 0.0326 e. The van der Waals surface area contributed by atoms with Gasteiger partial charge in [0.25, 0.3) is 0 Å². The molecule has 0 amide bonds. The molecule has 0 saturated carbocycles. The summed E-state index contributed by atoms with van der Waals surface area (Å²) in [6.07, 6.45) is 2.48. The minimum Gasteiger partial charge on any atom is -0.306 e. The van der Waals surface area contributed by atoms with Crippen LogP contribution >= 0.6 is 11.3 Å². The van der Waals surface area contributed by atoms with Crippen LogP contribution in [0.1, 0.15) is 55.0 Å². The van der Waals surface area contributed by atoms with E-state index in [0.29, 0.717) is 11.5 Å². The molecule has 1 aromatic heterocycles. The van der Waals surface area contributed by atoms with Crippen molar-refractivity contribution in [2.24, 2.45) is 0 Å². The summed E-state index contributed by atoms with van der Waals surface area (Å²) in [6.45, 7) is 7.91. The summed E-state index contributed by atoms with van der Waals surface area (Å²) in [4.78, 5) is 0. The number of fused-ring (bicyclic) bond motifs is 1. The molecule has 106 valence electrons. The molecular weight excluding hydrogens is 262 g/mol. The summed E-state index contributed by atoms with van der Waals surface area (Å²) < 4.78 is 0. The molecule has 20 heavy (non-hydrogen) atoms. The molecule has 1 aliphatic carbocycles. The van der Waals surface area contributed by atoms with Gasteiger partial charge in [-0.25, -0.2) is 0 Å². The highest BCUT2D eigenvalue weighted by Crippen LogP contribution is 2.41. The Kier molecular flexibility index (Phi) is 3.70. The van der Waals surface area contributed by atoms with Gasteiger partial charge in [-0.15, -0.1) is 0 Å². The molecule has 1 aliphatic rings. The van der Waals surface area contributed by atoms with Gasteiger partial charge in [0, 0.05) is 12.6 Å². The highest BCUT2D eigenvalue weighted by atomic mass is 32.1. The predicted octanol–water partition coefficient (Wildman–Crippen LogP) is 4.96. The van der Waals surface area contributed by atoms with Crippen molar-refractivity contribution in [2.45, 2.75) is 51.6 Å². The Morgan fingerprint density at radius 3 is 2.80 bits per heavy atom. The SMILES string of the molecule is Cc1cscc1CNC1CCC(C)(C)c2ccccc21. The van der Waals surface area contributed by atoms with Gasteiger partial charge in [-0.3, -0.25) is 0 Å². The molecule has 1 unspecified atom stereocenters. The molecule has 2 aromatic rings. The summed E-state index contributed by atoms with van der Waals surface area (Å²) in [7, 11) is 0. The Morgan fingerprint density at radius 2 is 2.05 bits per heavy atom. The van der Waals surface area contributed by atoms with Crippen LogP contribution in [-0.4, -0.2) is 0 Å². The van der Waals surface area contributed by atoms with Gasteiger partial charge in [-0.1, -0.05) is 38.1 Å². The lowest BCUT2D eigenvalue weighted by atomic mass is 9.71. The molecular formula is C18H23NS. The van der Waals surface area contributed by atoms with Gasteiger partial charge < -0.3 is 5.32 Å². The summed E-state index contributed by atoms with van der Waals surface area (Å²) in [5.41, 5.74) is 6.18. The summed E-state index contributed by atoms with van der Waals surface area (Å²) in [5.74, 6) is 0. The number of rotatable bonds is 3. The minimum atomic E-state index is 0.313. The highest BCUT2D eigenvalue weighted by molar-refractivity contribution is 7.08. The van der Waals surface area contributed by atoms with Gasteiger partial charge in [0.05, 0.1) is 0 Å². The first kappa shape index (κ1) is 13.8. The van der Waals surface area contributed by atoms with Crippen molar-refractivity contribution in [3.05, 3.63) is 57.3 Å². The Labute approximate surface area is 126 Å². The van der Waals surface area contributed by atoms with Crippen molar-refractivity contribution >= 4 is 11.3 Å². The van der Waals surface area contributed by atoms with Gasteiger partial charge in [0.1, 0.15) is 0 Å². The fraction of sp³-hybridized carbons (Fsp3) is 0.444. The van der Waals surface area contributed by atoms with E-state index in [1.165, 1.54) is 35.1 Å². The zero-order valence-corrected chi connectivity index (χ0v) is 13.4. The fourth-order valence-corrected chi connectivity index (χ4v) is 4.08. The van der Waals surface area contributed by atoms with E-state index in [0.717, 1.165) is 6.54 Å². The first-order valence-corrected chi connectivity index (χ1v) is 8.37. The average Bonchev–Trinajstić information content (AvgIpc) is 2.84. The maximum atomic E-state index is 3.77. The van der Waals surface area contributed by atoms with Gasteiger partial charge >= 0.3 is 0 Å². The Balaban J connectivity index is 1.80. The second-order valence-electron chi connectivity index (χ2n) is 6.52. The molecule has 0 radical (unpaired) electrons. The smallest absolute Gasteiger partial charge is 0.0326 e. The van der Waals surface area contributed by atoms with Crippen LogP contribution in [0.2, 0.25) is 0 Å². The van der Waals surface area contributed by atoms with E-state index in [4.69, 9.17) is 0 Å². The van der Waals surface area contributed by atoms with Crippen LogP contribution in [0.15, 0.2) is 35.0 Å². The van der Waals surface area contributed by atoms with Crippen LogP contribution in [0.5, 0.6) is 0 Å². The topological polar surface area (TPSA) is 12.0 Å². The van der Waals surface area contributed by atoms with Crippen LogP contribution in [0.25, 0.3) is 0 Å². The Hall–Kier alpha value is -1.12. The van der Waals surface area contributed by atoms with Gasteiger partial charge in [0.2, 0.25) is 0 Å². The number of benzene rings is 1. The van der Waals surface area contributed by atoms with E-state index in [1.807, 2.05) is 0 Å². The zero-order chi connectivity index (χ0) is 14.2. The average molecular weight is 285 g/mol. The molecule has 0 saturated heterocycles. The number of hydrogen-bond donors (Lipinski definition) is 1. The number of nitrogens with one attached hydrogen (secondary N) is 1. The van der Waals surface area contributed by atoms with Crippen LogP contribution < -0.4 is 5.32 Å². The maximum absolute atomic E-state index is 3.77. The van der Waals surface area contributed by atoms with Crippen LogP contribution in [0.3, 0.4) is 0 Å². The molecule has 1 aromatic carbocycles. The molecule has 0 fully saturated rings. The molecule has 1 N–H and O–H groups in total. The molecule has 0 spiro atoms. The van der Waals surface area contributed by atoms with Gasteiger partial charge in [-0.05, 0) is 58.2 Å². The third-order valence-corrected chi connectivity index (χ3v) is 5.53. The van der Waals surface area contributed by atoms with Crippen molar-refractivity contribution in [1.29, 1.82) is 0 Å². The van der Waals surface area contributed by atoms with E-state index in [2.05, 4.69) is 61.1 Å². The van der Waals surface area contributed by atoms with E-state index in [1.54, 1.807) is 11.3 Å². The van der Waals surface area contributed by atoms with Crippen molar-refractivity contribution < 1.29 is 0 Å². The summed E-state index contributed by atoms with van der Waals surface area (Å²) in [5, 5.41) is 8.26. The van der Waals surface area contributed by atoms with Gasteiger partial charge in [-0.2, -0.15) is 11.3 Å². The van der Waals surface area contributed by atoms with E-state index < -0.39 is 0 Å². The third-order valence-electron chi connectivity index (χ3n) is 4.62. The van der Waals surface area contributed by atoms with E-state index in [9.17, 15) is 0 Å². The van der Waals surface area contributed by atoms with Crippen molar-refractivity contribution in [1.82, 2.24) is 5.32 Å². The largest absolute Gasteiger partial charge is 0.306 e. The van der Waals surface area contributed by atoms with Crippen molar-refractivity contribution in [2.75, 3.05) is 0 Å². The fourth-order valence-electron chi connectivity index (χ4n) is 3.23. The van der Waals surface area contributed by atoms with E-state index >= 15 is 0 Å². The number of thiophene rings is 1. The lowest BCUT2D eigenvalue weighted by Gasteiger charge is -2.37. The zero-order valence-electron chi connectivity index (χ0n) is 12.6. The Bertz CT molecular complexity index is 597. The van der Waals surface area contributed by atoms with Crippen molar-refractivity contribution in [3.8, 4) is 0 Å². The van der Waals surface area contributed by atoms with Crippen molar-refractivity contribution in [3.63, 3.8) is 0 Å². The lowest BCUT2D eigenvalue weighted by Crippen LogP contribution is -2.32. The lowest BCUT2D eigenvalue weighted by molar-refractivity contribution is 0.357. The Morgan fingerprint density at radius 1 is 1.25 bits per heavy atom. The molecule has 0 bridgehead atoms. The van der Waals surface area contributed by atoms with Crippen LogP contribution in [0, 0.1) is 6.92 Å². The minimum absolute atomic E-state index is 0.313. The second-order valence-corrected chi connectivity index (χ2v) is 7.27. The molecule has 3 rings (SSSR count).